The Kier molecular flexibility index (Phi) is 11.6. The second kappa shape index (κ2) is 15.4. The zero-order chi connectivity index (χ0) is 37.1. The number of alkyl halides is 5. The van der Waals surface area contributed by atoms with E-state index in [1.165, 1.54) is 12.1 Å². The predicted molar refractivity (Wildman–Crippen MR) is 174 cm³/mol. The number of carbonyl (C=O) groups excluding carboxylic acids is 1. The van der Waals surface area contributed by atoms with Crippen LogP contribution in [-0.2, 0) is 30.7 Å². The van der Waals surface area contributed by atoms with Crippen molar-refractivity contribution in [2.24, 2.45) is 16.8 Å². The lowest BCUT2D eigenvalue weighted by atomic mass is 10.0. The Morgan fingerprint density at radius 3 is 2.55 bits per heavy atom. The number of hydrogen-bond acceptors (Lipinski definition) is 9. The molecule has 1 aromatic heterocycles. The van der Waals surface area contributed by atoms with Gasteiger partial charge in [-0.1, -0.05) is 44.2 Å². The monoisotopic (exact) mass is 746 g/mol. The van der Waals surface area contributed by atoms with Gasteiger partial charge in [0.2, 0.25) is 10.0 Å². The van der Waals surface area contributed by atoms with E-state index in [9.17, 15) is 45.4 Å². The number of aliphatic imine (C=N–C) groups is 1. The molecule has 2 unspecified atom stereocenters. The van der Waals surface area contributed by atoms with Gasteiger partial charge in [-0.2, -0.15) is 26.3 Å². The molecule has 280 valence electrons. The molecule has 2 saturated heterocycles. The average molecular weight is 747 g/mol. The van der Waals surface area contributed by atoms with Gasteiger partial charge in [-0.25, -0.2) is 13.2 Å². The number of carbonyl (C=O) groups is 1. The van der Waals surface area contributed by atoms with Gasteiger partial charge in [0.25, 0.3) is 0 Å². The van der Waals surface area contributed by atoms with Gasteiger partial charge in [0.05, 0.1) is 41.7 Å². The van der Waals surface area contributed by atoms with E-state index in [0.29, 0.717) is 19.2 Å². The number of H-pyrrole nitrogens is 1. The highest BCUT2D eigenvalue weighted by Crippen LogP contribution is 2.36. The highest BCUT2D eigenvalue weighted by Gasteiger charge is 2.57. The topological polar surface area (TPSA) is 163 Å². The van der Waals surface area contributed by atoms with Gasteiger partial charge in [0.1, 0.15) is 12.6 Å². The van der Waals surface area contributed by atoms with E-state index in [4.69, 9.17) is 14.2 Å². The van der Waals surface area contributed by atoms with Crippen molar-refractivity contribution in [2.75, 3.05) is 32.8 Å². The summed E-state index contributed by atoms with van der Waals surface area (Å²) in [6.45, 7) is 1.65. The van der Waals surface area contributed by atoms with Crippen molar-refractivity contribution >= 4 is 33.2 Å². The quantitative estimate of drug-likeness (QED) is 0.138. The molecule has 2 aliphatic heterocycles. The standard InChI is InChI=1S/C33H39F5N4O8S/c1-19(2)15-42(51(46,47)21-8-9-25-23(13-21)24(29(44)40-25)14-39-18-32(34,35)33(36,37)38)16-27(43)26(12-20-6-4-3-5-7-20)41-31(45)50-28-17-49-30-22(28)10-11-48-30/h3-9,13-14,19,22,26-28,30,40,43-44H,10-12,15-18H2,1-2H3,(H,41,45)/t22?,26-,27+,28-,30?/m0/s1. The molecule has 3 heterocycles. The third-order valence-electron chi connectivity index (χ3n) is 8.62. The zero-order valence-corrected chi connectivity index (χ0v) is 28.5. The summed E-state index contributed by atoms with van der Waals surface area (Å²) in [7, 11) is -4.43. The predicted octanol–water partition coefficient (Wildman–Crippen LogP) is 4.60. The fourth-order valence-electron chi connectivity index (χ4n) is 5.99. The Morgan fingerprint density at radius 1 is 1.14 bits per heavy atom. The summed E-state index contributed by atoms with van der Waals surface area (Å²) in [6, 6.07) is 11.5. The van der Waals surface area contributed by atoms with Gasteiger partial charge in [-0.15, -0.1) is 0 Å². The minimum atomic E-state index is -5.84. The number of amides is 1. The van der Waals surface area contributed by atoms with Crippen LogP contribution < -0.4 is 5.32 Å². The Balaban J connectivity index is 1.38. The second-order valence-corrected chi connectivity index (χ2v) is 14.9. The number of nitrogens with one attached hydrogen (secondary N) is 2. The molecule has 2 fully saturated rings. The van der Waals surface area contributed by atoms with Crippen molar-refractivity contribution in [3.05, 3.63) is 59.7 Å². The van der Waals surface area contributed by atoms with Gasteiger partial charge < -0.3 is 34.7 Å². The summed E-state index contributed by atoms with van der Waals surface area (Å²) >= 11 is 0. The van der Waals surface area contributed by atoms with Crippen LogP contribution in [0.4, 0.5) is 26.7 Å². The number of alkyl carbamates (subject to hydrolysis) is 1. The summed E-state index contributed by atoms with van der Waals surface area (Å²) in [5.41, 5.74) is 0.595. The molecular weight excluding hydrogens is 707 g/mol. The van der Waals surface area contributed by atoms with E-state index in [1.807, 2.05) is 0 Å². The lowest BCUT2D eigenvalue weighted by molar-refractivity contribution is -0.276. The molecule has 0 radical (unpaired) electrons. The maximum Gasteiger partial charge on any atom is 0.455 e. The molecule has 0 saturated carbocycles. The van der Waals surface area contributed by atoms with Crippen LogP contribution in [0.1, 0.15) is 31.4 Å². The number of aromatic hydroxyl groups is 1. The minimum Gasteiger partial charge on any atom is -0.494 e. The molecule has 3 aromatic rings. The Labute approximate surface area is 290 Å². The van der Waals surface area contributed by atoms with Gasteiger partial charge in [-0.3, -0.25) is 4.99 Å². The van der Waals surface area contributed by atoms with Gasteiger partial charge in [-0.05, 0) is 42.5 Å². The third kappa shape index (κ3) is 8.97. The molecule has 51 heavy (non-hydrogen) atoms. The fraction of sp³-hybridized carbons (Fsp3) is 0.515. The number of nitrogens with zero attached hydrogens (tertiary/aromatic N) is 2. The van der Waals surface area contributed by atoms with Gasteiger partial charge >= 0.3 is 18.2 Å². The number of aliphatic hydroxyl groups excluding tert-OH is 1. The Morgan fingerprint density at radius 2 is 1.86 bits per heavy atom. The SMILES string of the molecule is CC(C)CN(C[C@@H](O)[C@H](Cc1ccccc1)NC(=O)O[C@H]1COC2OCCC21)S(=O)(=O)c1ccc2[nH]c(O)c(C=NCC(F)(F)C(F)(F)F)c2c1. The molecule has 5 rings (SSSR count). The molecule has 0 aliphatic carbocycles. The van der Waals surface area contributed by atoms with Crippen LogP contribution in [0.25, 0.3) is 10.9 Å². The first-order valence-corrected chi connectivity index (χ1v) is 17.6. The maximum absolute atomic E-state index is 14.1. The van der Waals surface area contributed by atoms with Crippen LogP contribution in [0.15, 0.2) is 58.4 Å². The lowest BCUT2D eigenvalue weighted by Gasteiger charge is -2.31. The number of rotatable bonds is 14. The number of ether oxygens (including phenoxy) is 3. The van der Waals surface area contributed by atoms with E-state index in [-0.39, 0.29) is 52.8 Å². The number of hydrogen-bond donors (Lipinski definition) is 4. The van der Waals surface area contributed by atoms with Crippen LogP contribution >= 0.6 is 0 Å². The number of fused-ring (bicyclic) bond motifs is 2. The van der Waals surface area contributed by atoms with E-state index >= 15 is 0 Å². The van der Waals surface area contributed by atoms with E-state index < -0.39 is 71.7 Å². The average Bonchev–Trinajstić information content (AvgIpc) is 3.75. The molecule has 2 aliphatic rings. The molecule has 4 N–H and O–H groups in total. The molecule has 18 heteroatoms. The molecule has 0 spiro atoms. The van der Waals surface area contributed by atoms with E-state index in [1.54, 1.807) is 44.2 Å². The van der Waals surface area contributed by atoms with E-state index in [2.05, 4.69) is 15.3 Å². The van der Waals surface area contributed by atoms with Crippen LogP contribution in [0, 0.1) is 11.8 Å². The highest BCUT2D eigenvalue weighted by atomic mass is 32.2. The van der Waals surface area contributed by atoms with E-state index in [0.717, 1.165) is 15.9 Å². The molecule has 5 atom stereocenters. The second-order valence-electron chi connectivity index (χ2n) is 13.0. The summed E-state index contributed by atoms with van der Waals surface area (Å²) in [5, 5.41) is 24.6. The first-order chi connectivity index (χ1) is 24.0. The largest absolute Gasteiger partial charge is 0.494 e. The maximum atomic E-state index is 14.1. The van der Waals surface area contributed by atoms with Crippen molar-refractivity contribution in [1.29, 1.82) is 0 Å². The normalized spacial score (nSPS) is 21.1. The number of benzene rings is 2. The number of sulfonamides is 1. The molecule has 12 nitrogen and oxygen atoms in total. The smallest absolute Gasteiger partial charge is 0.455 e. The lowest BCUT2D eigenvalue weighted by Crippen LogP contribution is -2.51. The van der Waals surface area contributed by atoms with Crippen molar-refractivity contribution in [1.82, 2.24) is 14.6 Å². The van der Waals surface area contributed by atoms with Crippen molar-refractivity contribution < 1.29 is 59.6 Å². The molecule has 2 aromatic carbocycles. The molecular formula is C33H39F5N4O8S. The van der Waals surface area contributed by atoms with Crippen LogP contribution in [0.5, 0.6) is 5.88 Å². The van der Waals surface area contributed by atoms with Crippen LogP contribution in [0.3, 0.4) is 0 Å². The number of aromatic nitrogens is 1. The van der Waals surface area contributed by atoms with Gasteiger partial charge in [0, 0.05) is 30.2 Å². The number of aliphatic hydroxyl groups is 1. The summed E-state index contributed by atoms with van der Waals surface area (Å²) in [4.78, 5) is 18.5. The first kappa shape index (κ1) is 38.4. The fourth-order valence-corrected chi connectivity index (χ4v) is 7.64. The number of aromatic amines is 1. The minimum absolute atomic E-state index is 0.0187. The Bertz CT molecular complexity index is 1810. The zero-order valence-electron chi connectivity index (χ0n) is 27.6. The highest BCUT2D eigenvalue weighted by molar-refractivity contribution is 7.89. The van der Waals surface area contributed by atoms with Gasteiger partial charge in [0.15, 0.2) is 12.2 Å². The Hall–Kier alpha value is -3.84. The summed E-state index contributed by atoms with van der Waals surface area (Å²) in [5.74, 6) is -6.12. The van der Waals surface area contributed by atoms with Crippen molar-refractivity contribution in [2.45, 2.75) is 68.2 Å². The summed E-state index contributed by atoms with van der Waals surface area (Å²) < 4.78 is 111. The van der Waals surface area contributed by atoms with Crippen molar-refractivity contribution in [3.8, 4) is 5.88 Å². The van der Waals surface area contributed by atoms with Crippen LogP contribution in [0.2, 0.25) is 0 Å². The van der Waals surface area contributed by atoms with Crippen molar-refractivity contribution in [3.63, 3.8) is 0 Å². The molecule has 1 amide bonds. The third-order valence-corrected chi connectivity index (χ3v) is 10.4. The van der Waals surface area contributed by atoms with Crippen LogP contribution in [-0.4, -0.2) is 110 Å². The molecule has 0 bridgehead atoms. The number of halogens is 5. The first-order valence-electron chi connectivity index (χ1n) is 16.2. The summed E-state index contributed by atoms with van der Waals surface area (Å²) in [6.07, 6.45) is -7.76.